The first kappa shape index (κ1) is 43.6. The Morgan fingerprint density at radius 3 is 1.22 bits per heavy atom. The van der Waals surface area contributed by atoms with Crippen molar-refractivity contribution in [3.05, 3.63) is 36.5 Å². The molecule has 0 N–H and O–H groups in total. The Labute approximate surface area is 283 Å². The number of hydrogen-bond acceptors (Lipinski definition) is 6. The number of unbranched alkanes of at least 4 members (excludes halogenated alkanes) is 16. The highest BCUT2D eigenvalue weighted by atomic mass is 16.6. The lowest BCUT2D eigenvalue weighted by Crippen LogP contribution is -2.30. The van der Waals surface area contributed by atoms with Crippen molar-refractivity contribution < 1.29 is 28.6 Å². The number of esters is 3. The fraction of sp³-hybridized carbons (Fsp3) is 0.775. The topological polar surface area (TPSA) is 78.9 Å². The van der Waals surface area contributed by atoms with Gasteiger partial charge in [0, 0.05) is 19.3 Å². The molecule has 0 saturated carbocycles. The van der Waals surface area contributed by atoms with Gasteiger partial charge in [0.1, 0.15) is 13.2 Å². The molecule has 0 aromatic rings. The highest BCUT2D eigenvalue weighted by molar-refractivity contribution is 5.71. The number of allylic oxidation sites excluding steroid dienone is 6. The zero-order valence-electron chi connectivity index (χ0n) is 30.1. The van der Waals surface area contributed by atoms with Crippen molar-refractivity contribution in [1.29, 1.82) is 0 Å². The monoisotopic (exact) mass is 647 g/mol. The third-order valence-corrected chi connectivity index (χ3v) is 7.84. The number of carbonyl (C=O) groups is 3. The molecular weight excluding hydrogens is 576 g/mol. The SMILES string of the molecule is CCCC/C=C\CCCCCCC(=O)OCC(COC(=O)CCC/C=C\CCCCCC)OC(=O)CCC/C=C\CCCCCC. The van der Waals surface area contributed by atoms with Crippen molar-refractivity contribution in [3.8, 4) is 0 Å². The zero-order chi connectivity index (χ0) is 33.8. The van der Waals surface area contributed by atoms with Gasteiger partial charge in [-0.15, -0.1) is 0 Å². The van der Waals surface area contributed by atoms with Crippen molar-refractivity contribution in [2.45, 2.75) is 187 Å². The van der Waals surface area contributed by atoms with Gasteiger partial charge in [-0.05, 0) is 77.0 Å². The fourth-order valence-electron chi connectivity index (χ4n) is 4.90. The van der Waals surface area contributed by atoms with Crippen LogP contribution in [0.5, 0.6) is 0 Å². The summed E-state index contributed by atoms with van der Waals surface area (Å²) in [6.45, 7) is 6.42. The van der Waals surface area contributed by atoms with Crippen LogP contribution in [0.15, 0.2) is 36.5 Å². The number of carbonyl (C=O) groups excluding carboxylic acids is 3. The Bertz CT molecular complexity index is 800. The first-order valence-electron chi connectivity index (χ1n) is 19.0. The highest BCUT2D eigenvalue weighted by Gasteiger charge is 2.19. The van der Waals surface area contributed by atoms with Crippen LogP contribution in [0.3, 0.4) is 0 Å². The summed E-state index contributed by atoms with van der Waals surface area (Å²) in [5.74, 6) is -0.994. The van der Waals surface area contributed by atoms with E-state index in [0.29, 0.717) is 25.7 Å². The first-order chi connectivity index (χ1) is 22.5. The van der Waals surface area contributed by atoms with Gasteiger partial charge in [0.25, 0.3) is 0 Å². The summed E-state index contributed by atoms with van der Waals surface area (Å²) in [5, 5.41) is 0. The molecule has 6 heteroatoms. The second kappa shape index (κ2) is 35.5. The molecule has 46 heavy (non-hydrogen) atoms. The standard InChI is InChI=1S/C40H70O6/c1-4-7-10-13-16-19-22-24-27-30-33-39(42)45-36-37(46-40(43)34-31-28-25-21-18-15-12-9-6-3)35-44-38(41)32-29-26-23-20-17-14-11-8-5-2/h13,16,20-21,23,25,37H,4-12,14-15,17-19,22,24,26-36H2,1-3H3/b16-13-,23-20-,25-21-. The van der Waals surface area contributed by atoms with Crippen LogP contribution < -0.4 is 0 Å². The van der Waals surface area contributed by atoms with Crippen LogP contribution in [0, 0.1) is 0 Å². The first-order valence-corrected chi connectivity index (χ1v) is 19.0. The maximum absolute atomic E-state index is 12.5. The van der Waals surface area contributed by atoms with Crippen LogP contribution in [-0.4, -0.2) is 37.2 Å². The van der Waals surface area contributed by atoms with Crippen LogP contribution in [0.4, 0.5) is 0 Å². The van der Waals surface area contributed by atoms with E-state index in [1.54, 1.807) is 0 Å². The normalized spacial score (nSPS) is 12.3. The van der Waals surface area contributed by atoms with Gasteiger partial charge < -0.3 is 14.2 Å². The number of hydrogen-bond donors (Lipinski definition) is 0. The summed E-state index contributed by atoms with van der Waals surface area (Å²) >= 11 is 0. The van der Waals surface area contributed by atoms with Gasteiger partial charge in [-0.1, -0.05) is 121 Å². The smallest absolute Gasteiger partial charge is 0.306 e. The Balaban J connectivity index is 4.47. The van der Waals surface area contributed by atoms with E-state index in [1.807, 2.05) is 0 Å². The van der Waals surface area contributed by atoms with Crippen molar-refractivity contribution >= 4 is 17.9 Å². The second-order valence-corrected chi connectivity index (χ2v) is 12.5. The molecule has 0 rings (SSSR count). The third kappa shape index (κ3) is 33.0. The van der Waals surface area contributed by atoms with Crippen molar-refractivity contribution in [2.24, 2.45) is 0 Å². The molecule has 0 saturated heterocycles. The van der Waals surface area contributed by atoms with E-state index in [4.69, 9.17) is 14.2 Å². The summed E-state index contributed by atoms with van der Waals surface area (Å²) in [7, 11) is 0. The lowest BCUT2D eigenvalue weighted by Gasteiger charge is -2.18. The molecule has 0 aliphatic carbocycles. The Kier molecular flexibility index (Phi) is 33.7. The molecule has 0 aliphatic rings. The molecular formula is C40H70O6. The molecule has 0 fully saturated rings. The molecule has 6 nitrogen and oxygen atoms in total. The minimum atomic E-state index is -0.794. The molecule has 266 valence electrons. The van der Waals surface area contributed by atoms with Gasteiger partial charge in [-0.3, -0.25) is 14.4 Å². The van der Waals surface area contributed by atoms with E-state index in [9.17, 15) is 14.4 Å². The van der Waals surface area contributed by atoms with Gasteiger partial charge in [0.05, 0.1) is 0 Å². The van der Waals surface area contributed by atoms with Gasteiger partial charge >= 0.3 is 17.9 Å². The second-order valence-electron chi connectivity index (χ2n) is 12.5. The lowest BCUT2D eigenvalue weighted by molar-refractivity contribution is -0.167. The number of ether oxygens (including phenoxy) is 3. The Hall–Kier alpha value is -2.37. The van der Waals surface area contributed by atoms with Crippen LogP contribution in [0.1, 0.15) is 181 Å². The third-order valence-electron chi connectivity index (χ3n) is 7.84. The maximum atomic E-state index is 12.5. The van der Waals surface area contributed by atoms with Crippen molar-refractivity contribution in [3.63, 3.8) is 0 Å². The fourth-order valence-corrected chi connectivity index (χ4v) is 4.90. The highest BCUT2D eigenvalue weighted by Crippen LogP contribution is 2.10. The maximum Gasteiger partial charge on any atom is 0.306 e. The predicted octanol–water partition coefficient (Wildman–Crippen LogP) is 11.5. The van der Waals surface area contributed by atoms with E-state index in [0.717, 1.165) is 64.2 Å². The van der Waals surface area contributed by atoms with Gasteiger partial charge in [-0.25, -0.2) is 0 Å². The number of rotatable bonds is 33. The average Bonchev–Trinajstić information content (AvgIpc) is 3.05. The summed E-state index contributed by atoms with van der Waals surface area (Å²) < 4.78 is 16.5. The molecule has 0 aromatic carbocycles. The van der Waals surface area contributed by atoms with Gasteiger partial charge in [0.15, 0.2) is 6.10 Å². The average molecular weight is 647 g/mol. The molecule has 0 aliphatic heterocycles. The molecule has 1 atom stereocenters. The predicted molar refractivity (Wildman–Crippen MR) is 192 cm³/mol. The van der Waals surface area contributed by atoms with Crippen molar-refractivity contribution in [2.75, 3.05) is 13.2 Å². The summed E-state index contributed by atoms with van der Waals surface area (Å²) in [4.78, 5) is 37.2. The quantitative estimate of drug-likeness (QED) is 0.0305. The summed E-state index contributed by atoms with van der Waals surface area (Å²) in [5.41, 5.74) is 0. The van der Waals surface area contributed by atoms with E-state index in [-0.39, 0.29) is 37.5 Å². The van der Waals surface area contributed by atoms with E-state index in [2.05, 4.69) is 57.2 Å². The largest absolute Gasteiger partial charge is 0.462 e. The molecule has 0 amide bonds. The zero-order valence-corrected chi connectivity index (χ0v) is 30.1. The van der Waals surface area contributed by atoms with Gasteiger partial charge in [-0.2, -0.15) is 0 Å². The molecule has 0 heterocycles. The molecule has 0 aromatic heterocycles. The lowest BCUT2D eigenvalue weighted by atomic mass is 10.1. The van der Waals surface area contributed by atoms with E-state index in [1.165, 1.54) is 64.2 Å². The van der Waals surface area contributed by atoms with Crippen LogP contribution in [-0.2, 0) is 28.6 Å². The van der Waals surface area contributed by atoms with Crippen LogP contribution in [0.25, 0.3) is 0 Å². The van der Waals surface area contributed by atoms with Crippen LogP contribution >= 0.6 is 0 Å². The molecule has 0 spiro atoms. The van der Waals surface area contributed by atoms with Crippen LogP contribution in [0.2, 0.25) is 0 Å². The van der Waals surface area contributed by atoms with E-state index >= 15 is 0 Å². The molecule has 0 radical (unpaired) electrons. The molecule has 1 unspecified atom stereocenters. The Morgan fingerprint density at radius 2 is 0.761 bits per heavy atom. The van der Waals surface area contributed by atoms with E-state index < -0.39 is 6.10 Å². The minimum Gasteiger partial charge on any atom is -0.462 e. The summed E-state index contributed by atoms with van der Waals surface area (Å²) in [6, 6.07) is 0. The molecule has 0 bridgehead atoms. The Morgan fingerprint density at radius 1 is 0.413 bits per heavy atom. The van der Waals surface area contributed by atoms with Crippen molar-refractivity contribution in [1.82, 2.24) is 0 Å². The summed E-state index contributed by atoms with van der Waals surface area (Å²) in [6.07, 6.45) is 37.2. The van der Waals surface area contributed by atoms with Gasteiger partial charge in [0.2, 0.25) is 0 Å². The minimum absolute atomic E-state index is 0.0984.